The zero-order chi connectivity index (χ0) is 11.2. The Bertz CT molecular complexity index is 491. The Kier molecular flexibility index (Phi) is 1.94. The zero-order valence-corrected chi connectivity index (χ0v) is 9.13. The fourth-order valence-corrected chi connectivity index (χ4v) is 3.26. The third-order valence-electron chi connectivity index (χ3n) is 2.89. The van der Waals surface area contributed by atoms with Gasteiger partial charge in [0.05, 0.1) is 0 Å². The third kappa shape index (κ3) is 1.16. The lowest BCUT2D eigenvalue weighted by Crippen LogP contribution is -2.46. The summed E-state index contributed by atoms with van der Waals surface area (Å²) in [7, 11) is 0. The van der Waals surface area contributed by atoms with Crippen molar-refractivity contribution in [3.8, 4) is 0 Å². The summed E-state index contributed by atoms with van der Waals surface area (Å²) in [6.07, 6.45) is 2.30. The van der Waals surface area contributed by atoms with E-state index < -0.39 is 11.6 Å². The quantitative estimate of drug-likeness (QED) is 0.646. The van der Waals surface area contributed by atoms with Gasteiger partial charge in [-0.3, -0.25) is 10.1 Å². The number of fused-ring (bicyclic) bond motifs is 2. The molecular weight excluding hydrogens is 226 g/mol. The van der Waals surface area contributed by atoms with Crippen LogP contribution in [0.4, 0.5) is 4.79 Å². The first-order chi connectivity index (χ1) is 7.72. The van der Waals surface area contributed by atoms with Gasteiger partial charge in [-0.15, -0.1) is 11.8 Å². The molecule has 3 heterocycles. The first-order valence-electron chi connectivity index (χ1n) is 4.94. The first-order valence-corrected chi connectivity index (χ1v) is 5.93. The van der Waals surface area contributed by atoms with Gasteiger partial charge in [0.2, 0.25) is 0 Å². The number of hydrogen-bond donors (Lipinski definition) is 2. The fourth-order valence-electron chi connectivity index (χ4n) is 2.12. The number of nitrogens with one attached hydrogen (secondary N) is 2. The summed E-state index contributed by atoms with van der Waals surface area (Å²) in [5, 5.41) is 5.84. The monoisotopic (exact) mass is 235 g/mol. The van der Waals surface area contributed by atoms with Crippen molar-refractivity contribution in [2.24, 2.45) is 0 Å². The van der Waals surface area contributed by atoms with Crippen molar-refractivity contribution in [2.45, 2.75) is 17.0 Å². The van der Waals surface area contributed by atoms with Crippen LogP contribution in [-0.4, -0.2) is 22.7 Å². The Labute approximate surface area is 96.0 Å². The van der Waals surface area contributed by atoms with Crippen LogP contribution in [-0.2, 0) is 10.3 Å². The zero-order valence-electron chi connectivity index (χ0n) is 8.32. The molecule has 1 unspecified atom stereocenters. The Hall–Kier alpha value is -1.56. The highest BCUT2D eigenvalue weighted by Crippen LogP contribution is 2.40. The molecule has 0 radical (unpaired) electrons. The second-order valence-corrected chi connectivity index (χ2v) is 4.85. The Morgan fingerprint density at radius 2 is 2.31 bits per heavy atom. The van der Waals surface area contributed by atoms with Crippen molar-refractivity contribution in [1.29, 1.82) is 0 Å². The number of nitrogens with zero attached hydrogens (tertiary/aromatic N) is 1. The van der Waals surface area contributed by atoms with Gasteiger partial charge in [0.15, 0.2) is 0 Å². The molecule has 1 saturated heterocycles. The first kappa shape index (κ1) is 9.65. The number of pyridine rings is 1. The Morgan fingerprint density at radius 3 is 3.06 bits per heavy atom. The number of hydrogen-bond acceptors (Lipinski definition) is 4. The summed E-state index contributed by atoms with van der Waals surface area (Å²) in [6.45, 7) is 0. The molecule has 3 amide bonds. The summed E-state index contributed by atoms with van der Waals surface area (Å²) >= 11 is 1.61. The molecule has 0 aromatic carbocycles. The molecule has 82 valence electrons. The largest absolute Gasteiger partial charge is 0.322 e. The van der Waals surface area contributed by atoms with E-state index in [1.807, 2.05) is 6.07 Å². The normalized spacial score (nSPS) is 27.5. The van der Waals surface area contributed by atoms with Gasteiger partial charge in [-0.25, -0.2) is 9.78 Å². The molecule has 5 nitrogen and oxygen atoms in total. The number of carbonyl (C=O) groups is 2. The van der Waals surface area contributed by atoms with Crippen molar-refractivity contribution in [3.05, 3.63) is 23.9 Å². The lowest BCUT2D eigenvalue weighted by Gasteiger charge is -2.31. The van der Waals surface area contributed by atoms with Gasteiger partial charge in [0.1, 0.15) is 10.6 Å². The Morgan fingerprint density at radius 1 is 1.44 bits per heavy atom. The maximum Gasteiger partial charge on any atom is 0.322 e. The van der Waals surface area contributed by atoms with Gasteiger partial charge in [-0.05, 0) is 12.5 Å². The van der Waals surface area contributed by atoms with Gasteiger partial charge in [-0.2, -0.15) is 0 Å². The van der Waals surface area contributed by atoms with E-state index >= 15 is 0 Å². The number of rotatable bonds is 0. The molecule has 1 atom stereocenters. The lowest BCUT2D eigenvalue weighted by atomic mass is 9.88. The molecule has 1 aromatic heterocycles. The maximum atomic E-state index is 11.9. The van der Waals surface area contributed by atoms with Crippen LogP contribution in [0.3, 0.4) is 0 Å². The number of carbonyl (C=O) groups excluding carboxylic acids is 2. The smallest absolute Gasteiger partial charge is 0.319 e. The van der Waals surface area contributed by atoms with E-state index in [9.17, 15) is 9.59 Å². The number of urea groups is 1. The van der Waals surface area contributed by atoms with E-state index in [-0.39, 0.29) is 5.91 Å². The summed E-state index contributed by atoms with van der Waals surface area (Å²) in [5.41, 5.74) is -0.0963. The molecule has 1 spiro atoms. The highest BCUT2D eigenvalue weighted by atomic mass is 32.2. The van der Waals surface area contributed by atoms with Gasteiger partial charge >= 0.3 is 6.03 Å². The van der Waals surface area contributed by atoms with Gasteiger partial charge in [0.25, 0.3) is 5.91 Å². The van der Waals surface area contributed by atoms with E-state index in [0.29, 0.717) is 6.42 Å². The Balaban J connectivity index is 2.17. The number of amides is 3. The van der Waals surface area contributed by atoms with Gasteiger partial charge < -0.3 is 5.32 Å². The number of aromatic nitrogens is 1. The van der Waals surface area contributed by atoms with E-state index in [4.69, 9.17) is 0 Å². The molecule has 0 bridgehead atoms. The molecule has 0 aliphatic carbocycles. The van der Waals surface area contributed by atoms with Crippen LogP contribution in [0.1, 0.15) is 12.0 Å². The summed E-state index contributed by atoms with van der Waals surface area (Å²) in [6, 6.07) is 3.20. The highest BCUT2D eigenvalue weighted by Gasteiger charge is 2.50. The van der Waals surface area contributed by atoms with Gasteiger partial charge in [-0.1, -0.05) is 6.07 Å². The van der Waals surface area contributed by atoms with Crippen molar-refractivity contribution in [1.82, 2.24) is 15.6 Å². The molecular formula is C10H9N3O2S. The molecule has 16 heavy (non-hydrogen) atoms. The van der Waals surface area contributed by atoms with Crippen LogP contribution in [0.15, 0.2) is 23.4 Å². The highest BCUT2D eigenvalue weighted by molar-refractivity contribution is 7.99. The van der Waals surface area contributed by atoms with E-state index in [0.717, 1.165) is 16.3 Å². The summed E-state index contributed by atoms with van der Waals surface area (Å²) in [5.74, 6) is 0.504. The van der Waals surface area contributed by atoms with Crippen molar-refractivity contribution < 1.29 is 9.59 Å². The fraction of sp³-hybridized carbons (Fsp3) is 0.300. The van der Waals surface area contributed by atoms with Crippen molar-refractivity contribution >= 4 is 23.7 Å². The SMILES string of the molecule is O=C1NC(=O)C2(CCSc3ncccc32)N1. The predicted molar refractivity (Wildman–Crippen MR) is 57.9 cm³/mol. The van der Waals surface area contributed by atoms with Gasteiger partial charge in [0, 0.05) is 17.5 Å². The second kappa shape index (κ2) is 3.21. The predicted octanol–water partition coefficient (Wildman–Crippen LogP) is 0.612. The standard InChI is InChI=1S/C10H9N3O2S/c14-8-10(13-9(15)12-8)3-5-16-7-6(10)2-1-4-11-7/h1-2,4H,3,5H2,(H2,12,13,14,15). The summed E-state index contributed by atoms with van der Waals surface area (Å²) in [4.78, 5) is 27.4. The van der Waals surface area contributed by atoms with Crippen LogP contribution in [0.2, 0.25) is 0 Å². The average molecular weight is 235 g/mol. The minimum atomic E-state index is -0.897. The third-order valence-corrected chi connectivity index (χ3v) is 3.90. The van der Waals surface area contributed by atoms with Crippen molar-refractivity contribution in [2.75, 3.05) is 5.75 Å². The van der Waals surface area contributed by atoms with E-state index in [2.05, 4.69) is 15.6 Å². The molecule has 2 aliphatic rings. The molecule has 2 aliphatic heterocycles. The van der Waals surface area contributed by atoms with Crippen LogP contribution in [0.25, 0.3) is 0 Å². The molecule has 6 heteroatoms. The maximum absolute atomic E-state index is 11.9. The average Bonchev–Trinajstić information content (AvgIpc) is 2.55. The van der Waals surface area contributed by atoms with Crippen LogP contribution in [0.5, 0.6) is 0 Å². The number of thioether (sulfide) groups is 1. The minimum absolute atomic E-state index is 0.271. The van der Waals surface area contributed by atoms with Crippen molar-refractivity contribution in [3.63, 3.8) is 0 Å². The van der Waals surface area contributed by atoms with E-state index in [1.165, 1.54) is 0 Å². The van der Waals surface area contributed by atoms with Crippen LogP contribution >= 0.6 is 11.8 Å². The van der Waals surface area contributed by atoms with Crippen LogP contribution in [0, 0.1) is 0 Å². The molecule has 1 fully saturated rings. The topological polar surface area (TPSA) is 71.1 Å². The molecule has 2 N–H and O–H groups in total. The molecule has 1 aromatic rings. The second-order valence-electron chi connectivity index (χ2n) is 3.77. The minimum Gasteiger partial charge on any atom is -0.319 e. The lowest BCUT2D eigenvalue weighted by molar-refractivity contribution is -0.124. The van der Waals surface area contributed by atoms with Crippen LogP contribution < -0.4 is 10.6 Å². The molecule has 3 rings (SSSR count). The van der Waals surface area contributed by atoms with E-state index in [1.54, 1.807) is 24.0 Å². The molecule has 0 saturated carbocycles. The number of imide groups is 1. The summed E-state index contributed by atoms with van der Waals surface area (Å²) < 4.78 is 0.